The molecule has 3 heterocycles. The number of aromatic nitrogens is 3. The second kappa shape index (κ2) is 9.22. The van der Waals surface area contributed by atoms with E-state index in [1.54, 1.807) is 19.1 Å². The molecular formula is C24H23N5O4S. The van der Waals surface area contributed by atoms with Gasteiger partial charge in [0.15, 0.2) is 28.6 Å². The van der Waals surface area contributed by atoms with Gasteiger partial charge in [-0.05, 0) is 31.2 Å². The number of thioether (sulfide) groups is 1. The quantitative estimate of drug-likeness (QED) is 0.429. The minimum absolute atomic E-state index is 0.0298. The number of carbonyl (C=O) groups is 2. The predicted octanol–water partition coefficient (Wildman–Crippen LogP) is 3.44. The summed E-state index contributed by atoms with van der Waals surface area (Å²) in [4.78, 5) is 27.0. The molecule has 0 saturated carbocycles. The summed E-state index contributed by atoms with van der Waals surface area (Å²) in [6.07, 6.45) is 1.30. The first-order valence-corrected chi connectivity index (χ1v) is 11.7. The Morgan fingerprint density at radius 1 is 1.24 bits per heavy atom. The fourth-order valence-electron chi connectivity index (χ4n) is 3.93. The van der Waals surface area contributed by atoms with Crippen LogP contribution in [0.1, 0.15) is 18.9 Å². The van der Waals surface area contributed by atoms with Crippen LogP contribution in [0.25, 0.3) is 0 Å². The fraction of sp³-hybridized carbons (Fsp3) is 0.250. The first kappa shape index (κ1) is 22.0. The maximum atomic E-state index is 13.3. The van der Waals surface area contributed by atoms with Gasteiger partial charge in [0.05, 0.1) is 16.6 Å². The Labute approximate surface area is 200 Å². The molecule has 2 atom stereocenters. The number of carbonyl (C=O) groups excluding carboxylic acids is 2. The third-order valence-electron chi connectivity index (χ3n) is 5.52. The average molecular weight is 478 g/mol. The summed E-state index contributed by atoms with van der Waals surface area (Å²) in [7, 11) is 0. The zero-order valence-corrected chi connectivity index (χ0v) is 19.3. The largest absolute Gasteiger partial charge is 0.485 e. The number of benzene rings is 2. The molecule has 3 aromatic rings. The summed E-state index contributed by atoms with van der Waals surface area (Å²) in [5.41, 5.74) is 1.30. The molecule has 2 aromatic carbocycles. The molecule has 1 aromatic heterocycles. The van der Waals surface area contributed by atoms with Crippen LogP contribution < -0.4 is 19.7 Å². The lowest BCUT2D eigenvalue weighted by molar-refractivity contribution is -0.121. The number of para-hydroxylation sites is 4. The van der Waals surface area contributed by atoms with Crippen molar-refractivity contribution >= 4 is 35.0 Å². The van der Waals surface area contributed by atoms with Gasteiger partial charge in [0, 0.05) is 6.54 Å². The Morgan fingerprint density at radius 2 is 2.00 bits per heavy atom. The number of fused-ring (bicyclic) bond motifs is 2. The molecule has 10 heteroatoms. The zero-order chi connectivity index (χ0) is 23.7. The van der Waals surface area contributed by atoms with Crippen molar-refractivity contribution in [3.63, 3.8) is 0 Å². The van der Waals surface area contributed by atoms with E-state index in [1.807, 2.05) is 47.0 Å². The van der Waals surface area contributed by atoms with Crippen LogP contribution in [0.3, 0.4) is 0 Å². The molecule has 0 saturated heterocycles. The van der Waals surface area contributed by atoms with E-state index in [9.17, 15) is 9.59 Å². The van der Waals surface area contributed by atoms with Gasteiger partial charge in [0.2, 0.25) is 11.8 Å². The Bertz CT molecular complexity index is 1260. The van der Waals surface area contributed by atoms with E-state index >= 15 is 0 Å². The van der Waals surface area contributed by atoms with Crippen molar-refractivity contribution in [3.8, 4) is 11.5 Å². The number of rotatable bonds is 6. The molecule has 5 rings (SSSR count). The van der Waals surface area contributed by atoms with Crippen LogP contribution in [-0.2, 0) is 16.1 Å². The topological polar surface area (TPSA) is 98.6 Å². The van der Waals surface area contributed by atoms with Crippen molar-refractivity contribution < 1.29 is 19.1 Å². The summed E-state index contributed by atoms with van der Waals surface area (Å²) in [5.74, 6) is 1.52. The second-order valence-corrected chi connectivity index (χ2v) is 9.16. The molecule has 2 aliphatic heterocycles. The standard InChI is InChI=1S/C24H23N5O4S/c1-3-12-28-22(20-14-32-18-10-6-7-11-19(18)33-20)26-27-24(28)34-15(2)23(31)29-13-21(30)25-16-8-4-5-9-17(16)29/h3-11,15,20H,1,12-14H2,2H3,(H,25,30)/t15-,20-/m1/s1. The molecule has 0 fully saturated rings. The molecule has 0 spiro atoms. The van der Waals surface area contributed by atoms with Gasteiger partial charge < -0.3 is 14.8 Å². The van der Waals surface area contributed by atoms with E-state index in [4.69, 9.17) is 9.47 Å². The van der Waals surface area contributed by atoms with Gasteiger partial charge in [-0.1, -0.05) is 42.1 Å². The van der Waals surface area contributed by atoms with Crippen molar-refractivity contribution in [2.24, 2.45) is 0 Å². The molecule has 0 aliphatic carbocycles. The van der Waals surface area contributed by atoms with Crippen LogP contribution in [0.4, 0.5) is 11.4 Å². The average Bonchev–Trinajstić information content (AvgIpc) is 3.24. The summed E-state index contributed by atoms with van der Waals surface area (Å²) in [5, 5.41) is 11.5. The maximum Gasteiger partial charge on any atom is 0.244 e. The molecule has 0 bridgehead atoms. The number of anilines is 2. The Hall–Kier alpha value is -3.79. The molecule has 174 valence electrons. The highest BCUT2D eigenvalue weighted by molar-refractivity contribution is 8.00. The highest BCUT2D eigenvalue weighted by Crippen LogP contribution is 2.37. The van der Waals surface area contributed by atoms with Gasteiger partial charge in [0.1, 0.15) is 13.2 Å². The molecule has 2 amide bonds. The molecule has 34 heavy (non-hydrogen) atoms. The van der Waals surface area contributed by atoms with Crippen molar-refractivity contribution in [3.05, 3.63) is 67.0 Å². The third-order valence-corrected chi connectivity index (χ3v) is 6.59. The Morgan fingerprint density at radius 3 is 2.82 bits per heavy atom. The minimum Gasteiger partial charge on any atom is -0.485 e. The lowest BCUT2D eigenvalue weighted by Gasteiger charge is -2.30. The Kier molecular flexibility index (Phi) is 5.97. The summed E-state index contributed by atoms with van der Waals surface area (Å²) in [6.45, 7) is 6.35. The number of hydrogen-bond acceptors (Lipinski definition) is 7. The van der Waals surface area contributed by atoms with Crippen LogP contribution in [0.15, 0.2) is 66.3 Å². The van der Waals surface area contributed by atoms with Gasteiger partial charge in [-0.15, -0.1) is 16.8 Å². The highest BCUT2D eigenvalue weighted by atomic mass is 32.2. The summed E-state index contributed by atoms with van der Waals surface area (Å²) >= 11 is 1.28. The highest BCUT2D eigenvalue weighted by Gasteiger charge is 2.33. The fourth-order valence-corrected chi connectivity index (χ4v) is 4.86. The number of hydrogen-bond donors (Lipinski definition) is 1. The van der Waals surface area contributed by atoms with E-state index in [2.05, 4.69) is 22.1 Å². The lowest BCUT2D eigenvalue weighted by atomic mass is 10.2. The van der Waals surface area contributed by atoms with Gasteiger partial charge in [0.25, 0.3) is 0 Å². The first-order chi connectivity index (χ1) is 16.5. The van der Waals surface area contributed by atoms with Crippen molar-refractivity contribution in [2.45, 2.75) is 30.0 Å². The van der Waals surface area contributed by atoms with Crippen molar-refractivity contribution in [1.82, 2.24) is 14.8 Å². The van der Waals surface area contributed by atoms with Crippen LogP contribution in [0, 0.1) is 0 Å². The molecule has 0 radical (unpaired) electrons. The Balaban J connectivity index is 1.37. The zero-order valence-electron chi connectivity index (χ0n) is 18.5. The minimum atomic E-state index is -0.510. The number of nitrogens with one attached hydrogen (secondary N) is 1. The van der Waals surface area contributed by atoms with E-state index in [0.717, 1.165) is 0 Å². The normalized spacial score (nSPS) is 17.5. The molecule has 2 aliphatic rings. The third kappa shape index (κ3) is 4.12. The number of allylic oxidation sites excluding steroid dienone is 1. The first-order valence-electron chi connectivity index (χ1n) is 10.8. The number of ether oxygens (including phenoxy) is 2. The smallest absolute Gasteiger partial charge is 0.244 e. The van der Waals surface area contributed by atoms with Crippen LogP contribution in [-0.4, -0.2) is 45.0 Å². The van der Waals surface area contributed by atoms with Crippen LogP contribution in [0.5, 0.6) is 11.5 Å². The molecule has 1 N–H and O–H groups in total. The monoisotopic (exact) mass is 477 g/mol. The SMILES string of the molecule is C=CCn1c(S[C@H](C)C(=O)N2CC(=O)Nc3ccccc32)nnc1[C@H]1COc2ccccc2O1. The second-order valence-electron chi connectivity index (χ2n) is 7.85. The van der Waals surface area contributed by atoms with Gasteiger partial charge in [-0.25, -0.2) is 0 Å². The molecular weight excluding hydrogens is 454 g/mol. The van der Waals surface area contributed by atoms with Crippen molar-refractivity contribution in [2.75, 3.05) is 23.4 Å². The van der Waals surface area contributed by atoms with Crippen LogP contribution in [0.2, 0.25) is 0 Å². The predicted molar refractivity (Wildman–Crippen MR) is 128 cm³/mol. The number of nitrogens with zero attached hydrogens (tertiary/aromatic N) is 4. The van der Waals surface area contributed by atoms with E-state index < -0.39 is 11.4 Å². The van der Waals surface area contributed by atoms with E-state index in [0.29, 0.717) is 47.0 Å². The van der Waals surface area contributed by atoms with Gasteiger partial charge in [-0.3, -0.25) is 19.1 Å². The summed E-state index contributed by atoms with van der Waals surface area (Å²) in [6, 6.07) is 14.7. The van der Waals surface area contributed by atoms with E-state index in [-0.39, 0.29) is 18.4 Å². The van der Waals surface area contributed by atoms with Crippen LogP contribution >= 0.6 is 11.8 Å². The summed E-state index contributed by atoms with van der Waals surface area (Å²) < 4.78 is 13.8. The van der Waals surface area contributed by atoms with Gasteiger partial charge in [-0.2, -0.15) is 0 Å². The molecule has 0 unspecified atom stereocenters. The molecule has 9 nitrogen and oxygen atoms in total. The van der Waals surface area contributed by atoms with Crippen molar-refractivity contribution in [1.29, 1.82) is 0 Å². The lowest BCUT2D eigenvalue weighted by Crippen LogP contribution is -2.45. The van der Waals surface area contributed by atoms with Gasteiger partial charge >= 0.3 is 0 Å². The maximum absolute atomic E-state index is 13.3. The van der Waals surface area contributed by atoms with E-state index in [1.165, 1.54) is 16.7 Å². The number of amides is 2.